The van der Waals surface area contributed by atoms with Gasteiger partial charge in [-0.25, -0.2) is 9.67 Å². The number of benzene rings is 2. The topological polar surface area (TPSA) is 69.0 Å². The standard InChI is InChI=1S/C21H19F3N4O2/c1-20(12-30-13-20)11-25-19(29)17-26-18(14-6-3-2-4-7-14)28(27-17)16-9-5-8-15(10-16)21(22,23)24/h2-10H,11-13H2,1H3,(H,25,29). The van der Waals surface area contributed by atoms with Gasteiger partial charge < -0.3 is 10.1 Å². The van der Waals surface area contributed by atoms with Gasteiger partial charge in [-0.1, -0.05) is 43.3 Å². The van der Waals surface area contributed by atoms with E-state index in [0.29, 0.717) is 25.3 Å². The molecule has 156 valence electrons. The quantitative estimate of drug-likeness (QED) is 0.688. The van der Waals surface area contributed by atoms with E-state index in [4.69, 9.17) is 4.74 Å². The summed E-state index contributed by atoms with van der Waals surface area (Å²) in [6.07, 6.45) is -4.50. The van der Waals surface area contributed by atoms with Gasteiger partial charge in [0.25, 0.3) is 5.91 Å². The first-order valence-electron chi connectivity index (χ1n) is 9.31. The third kappa shape index (κ3) is 4.06. The van der Waals surface area contributed by atoms with Crippen molar-refractivity contribution in [3.8, 4) is 17.1 Å². The fourth-order valence-electron chi connectivity index (χ4n) is 3.10. The summed E-state index contributed by atoms with van der Waals surface area (Å²) in [6.45, 7) is 3.48. The maximum Gasteiger partial charge on any atom is 0.416 e. The molecule has 3 aromatic rings. The molecule has 1 fully saturated rings. The first kappa shape index (κ1) is 20.1. The number of rotatable bonds is 5. The van der Waals surface area contributed by atoms with E-state index >= 15 is 0 Å². The highest BCUT2D eigenvalue weighted by molar-refractivity contribution is 5.91. The second-order valence-corrected chi connectivity index (χ2v) is 7.57. The average Bonchev–Trinajstić information content (AvgIpc) is 3.16. The lowest BCUT2D eigenvalue weighted by atomic mass is 9.89. The Hall–Kier alpha value is -3.20. The summed E-state index contributed by atoms with van der Waals surface area (Å²) in [5.41, 5.74) is -0.157. The Morgan fingerprint density at radius 3 is 2.53 bits per heavy atom. The number of carbonyl (C=O) groups excluding carboxylic acids is 1. The fourth-order valence-corrected chi connectivity index (χ4v) is 3.10. The van der Waals surface area contributed by atoms with Gasteiger partial charge in [0.2, 0.25) is 5.82 Å². The minimum atomic E-state index is -4.50. The van der Waals surface area contributed by atoms with E-state index in [1.54, 1.807) is 24.3 Å². The Labute approximate surface area is 170 Å². The molecule has 0 atom stereocenters. The molecule has 1 amide bonds. The van der Waals surface area contributed by atoms with Crippen LogP contribution in [0, 0.1) is 5.41 Å². The van der Waals surface area contributed by atoms with Crippen molar-refractivity contribution in [1.29, 1.82) is 0 Å². The van der Waals surface area contributed by atoms with Crippen molar-refractivity contribution < 1.29 is 22.7 Å². The minimum Gasteiger partial charge on any atom is -0.380 e. The molecule has 4 rings (SSSR count). The zero-order valence-electron chi connectivity index (χ0n) is 16.1. The molecule has 1 aromatic heterocycles. The number of ether oxygens (including phenoxy) is 1. The minimum absolute atomic E-state index is 0.116. The van der Waals surface area contributed by atoms with Gasteiger partial charge in [-0.05, 0) is 18.2 Å². The first-order valence-corrected chi connectivity index (χ1v) is 9.31. The molecule has 0 radical (unpaired) electrons. The smallest absolute Gasteiger partial charge is 0.380 e. The zero-order valence-corrected chi connectivity index (χ0v) is 16.1. The highest BCUT2D eigenvalue weighted by Crippen LogP contribution is 2.31. The van der Waals surface area contributed by atoms with Gasteiger partial charge in [-0.15, -0.1) is 5.10 Å². The lowest BCUT2D eigenvalue weighted by Gasteiger charge is -2.37. The van der Waals surface area contributed by atoms with Crippen LogP contribution in [0.2, 0.25) is 0 Å². The van der Waals surface area contributed by atoms with E-state index in [1.165, 1.54) is 16.8 Å². The molecule has 6 nitrogen and oxygen atoms in total. The van der Waals surface area contributed by atoms with Gasteiger partial charge in [-0.3, -0.25) is 4.79 Å². The van der Waals surface area contributed by atoms with Crippen LogP contribution in [-0.4, -0.2) is 40.4 Å². The highest BCUT2D eigenvalue weighted by Gasteiger charge is 2.34. The molecule has 30 heavy (non-hydrogen) atoms. The molecule has 2 heterocycles. The molecule has 0 bridgehead atoms. The molecular weight excluding hydrogens is 397 g/mol. The van der Waals surface area contributed by atoms with Crippen molar-refractivity contribution in [1.82, 2.24) is 20.1 Å². The summed E-state index contributed by atoms with van der Waals surface area (Å²) in [6, 6.07) is 13.6. The molecule has 1 aliphatic heterocycles. The van der Waals surface area contributed by atoms with Crippen LogP contribution < -0.4 is 5.32 Å². The number of halogens is 3. The van der Waals surface area contributed by atoms with E-state index in [9.17, 15) is 18.0 Å². The Bertz CT molecular complexity index is 1060. The second-order valence-electron chi connectivity index (χ2n) is 7.57. The van der Waals surface area contributed by atoms with Crippen LogP contribution in [-0.2, 0) is 10.9 Å². The van der Waals surface area contributed by atoms with E-state index in [2.05, 4.69) is 15.4 Å². The number of hydrogen-bond acceptors (Lipinski definition) is 4. The van der Waals surface area contributed by atoms with Crippen molar-refractivity contribution in [2.75, 3.05) is 19.8 Å². The monoisotopic (exact) mass is 416 g/mol. The summed E-state index contributed by atoms with van der Waals surface area (Å²) in [5.74, 6) is -0.334. The van der Waals surface area contributed by atoms with Crippen molar-refractivity contribution >= 4 is 5.91 Å². The van der Waals surface area contributed by atoms with E-state index < -0.39 is 17.6 Å². The van der Waals surface area contributed by atoms with Gasteiger partial charge in [0, 0.05) is 17.5 Å². The zero-order chi connectivity index (χ0) is 21.4. The van der Waals surface area contributed by atoms with Crippen molar-refractivity contribution in [2.45, 2.75) is 13.1 Å². The van der Waals surface area contributed by atoms with E-state index in [-0.39, 0.29) is 22.8 Å². The number of alkyl halides is 3. The Kier molecular flexibility index (Phi) is 5.07. The maximum absolute atomic E-state index is 13.2. The van der Waals surface area contributed by atoms with Crippen LogP contribution in [0.3, 0.4) is 0 Å². The van der Waals surface area contributed by atoms with Gasteiger partial charge in [-0.2, -0.15) is 13.2 Å². The lowest BCUT2D eigenvalue weighted by molar-refractivity contribution is -0.137. The van der Waals surface area contributed by atoms with Crippen molar-refractivity contribution in [3.63, 3.8) is 0 Å². The number of nitrogens with one attached hydrogen (secondary N) is 1. The van der Waals surface area contributed by atoms with Crippen LogP contribution in [0.25, 0.3) is 17.1 Å². The fraction of sp³-hybridized carbons (Fsp3) is 0.286. The van der Waals surface area contributed by atoms with Crippen molar-refractivity contribution in [3.05, 3.63) is 66.0 Å². The summed E-state index contributed by atoms with van der Waals surface area (Å²) in [5, 5.41) is 7.00. The third-order valence-electron chi connectivity index (χ3n) is 4.84. The number of hydrogen-bond donors (Lipinski definition) is 1. The number of nitrogens with zero attached hydrogens (tertiary/aromatic N) is 3. The number of aromatic nitrogens is 3. The molecule has 0 unspecified atom stereocenters. The van der Waals surface area contributed by atoms with Gasteiger partial charge in [0.15, 0.2) is 5.82 Å². The number of amides is 1. The predicted octanol–water partition coefficient (Wildman–Crippen LogP) is 3.72. The SMILES string of the molecule is CC1(CNC(=O)c2nc(-c3ccccc3)n(-c3cccc(C(F)(F)F)c3)n2)COC1. The Balaban J connectivity index is 1.71. The van der Waals surface area contributed by atoms with Crippen LogP contribution in [0.5, 0.6) is 0 Å². The van der Waals surface area contributed by atoms with Crippen LogP contribution >= 0.6 is 0 Å². The van der Waals surface area contributed by atoms with Gasteiger partial charge >= 0.3 is 6.18 Å². The molecule has 0 saturated carbocycles. The molecule has 9 heteroatoms. The first-order chi connectivity index (χ1) is 14.3. The predicted molar refractivity (Wildman–Crippen MR) is 103 cm³/mol. The maximum atomic E-state index is 13.2. The summed E-state index contributed by atoms with van der Waals surface area (Å²) in [7, 11) is 0. The normalized spacial score (nSPS) is 15.5. The molecule has 1 aliphatic rings. The molecule has 1 N–H and O–H groups in total. The van der Waals surface area contributed by atoms with Crippen molar-refractivity contribution in [2.24, 2.45) is 5.41 Å². The highest BCUT2D eigenvalue weighted by atomic mass is 19.4. The van der Waals surface area contributed by atoms with E-state index in [1.807, 2.05) is 13.0 Å². The van der Waals surface area contributed by atoms with Gasteiger partial charge in [0.05, 0.1) is 24.5 Å². The largest absolute Gasteiger partial charge is 0.416 e. The van der Waals surface area contributed by atoms with E-state index in [0.717, 1.165) is 12.1 Å². The molecular formula is C21H19F3N4O2. The lowest BCUT2D eigenvalue weighted by Crippen LogP contribution is -2.48. The second kappa shape index (κ2) is 7.56. The summed E-state index contributed by atoms with van der Waals surface area (Å²) in [4.78, 5) is 16.9. The summed E-state index contributed by atoms with van der Waals surface area (Å²) >= 11 is 0. The molecule has 1 saturated heterocycles. The van der Waals surface area contributed by atoms with Crippen LogP contribution in [0.15, 0.2) is 54.6 Å². The number of carbonyl (C=O) groups is 1. The van der Waals surface area contributed by atoms with Crippen LogP contribution in [0.1, 0.15) is 23.1 Å². The molecule has 0 aliphatic carbocycles. The summed E-state index contributed by atoms with van der Waals surface area (Å²) < 4.78 is 45.9. The average molecular weight is 416 g/mol. The van der Waals surface area contributed by atoms with Gasteiger partial charge in [0.1, 0.15) is 0 Å². The van der Waals surface area contributed by atoms with Crippen LogP contribution in [0.4, 0.5) is 13.2 Å². The Morgan fingerprint density at radius 2 is 1.90 bits per heavy atom. The Morgan fingerprint density at radius 1 is 1.17 bits per heavy atom. The molecule has 0 spiro atoms. The molecule has 2 aromatic carbocycles. The third-order valence-corrected chi connectivity index (χ3v) is 4.84.